The number of likely N-dealkylation sites (N-methyl/N-ethyl adjacent to an activating group) is 2. The van der Waals surface area contributed by atoms with Gasteiger partial charge in [-0.1, -0.05) is 13.3 Å². The Morgan fingerprint density at radius 2 is 2.23 bits per heavy atom. The Bertz CT molecular complexity index is 150. The summed E-state index contributed by atoms with van der Waals surface area (Å²) in [7, 11) is 3.65. The quantitative estimate of drug-likeness (QED) is 0.605. The van der Waals surface area contributed by atoms with Gasteiger partial charge in [0.15, 0.2) is 0 Å². The van der Waals surface area contributed by atoms with Crippen molar-refractivity contribution in [1.82, 2.24) is 10.2 Å². The van der Waals surface area contributed by atoms with Crippen LogP contribution in [0.1, 0.15) is 19.8 Å². The zero-order valence-electron chi connectivity index (χ0n) is 8.84. The van der Waals surface area contributed by atoms with Crippen LogP contribution in [0.25, 0.3) is 0 Å². The molecule has 4 heteroatoms. The first-order chi connectivity index (χ1) is 6.13. The van der Waals surface area contributed by atoms with E-state index in [0.717, 1.165) is 19.4 Å². The third-order valence-corrected chi connectivity index (χ3v) is 1.99. The second-order valence-electron chi connectivity index (χ2n) is 3.26. The molecule has 0 saturated carbocycles. The van der Waals surface area contributed by atoms with Gasteiger partial charge >= 0.3 is 0 Å². The van der Waals surface area contributed by atoms with E-state index in [-0.39, 0.29) is 11.9 Å². The van der Waals surface area contributed by atoms with Crippen molar-refractivity contribution in [2.75, 3.05) is 27.2 Å². The summed E-state index contributed by atoms with van der Waals surface area (Å²) in [5.74, 6) is 0.0390. The molecule has 0 rings (SSSR count). The molecule has 0 aliphatic rings. The minimum atomic E-state index is -0.327. The fourth-order valence-electron chi connectivity index (χ4n) is 1.11. The third-order valence-electron chi connectivity index (χ3n) is 1.99. The lowest BCUT2D eigenvalue weighted by Crippen LogP contribution is -2.43. The van der Waals surface area contributed by atoms with E-state index < -0.39 is 0 Å². The molecular weight excluding hydrogens is 166 g/mol. The average molecular weight is 187 g/mol. The van der Waals surface area contributed by atoms with Gasteiger partial charge < -0.3 is 16.0 Å². The second-order valence-corrected chi connectivity index (χ2v) is 3.26. The first kappa shape index (κ1) is 12.4. The maximum atomic E-state index is 11.5. The van der Waals surface area contributed by atoms with Crippen molar-refractivity contribution in [2.24, 2.45) is 5.73 Å². The molecule has 1 amide bonds. The molecule has 1 atom stereocenters. The molecule has 78 valence electrons. The van der Waals surface area contributed by atoms with Gasteiger partial charge in [-0.15, -0.1) is 0 Å². The Labute approximate surface area is 80.5 Å². The van der Waals surface area contributed by atoms with Gasteiger partial charge in [0.1, 0.15) is 0 Å². The number of nitrogens with one attached hydrogen (secondary N) is 1. The van der Waals surface area contributed by atoms with Gasteiger partial charge in [-0.3, -0.25) is 4.79 Å². The number of hydrogen-bond acceptors (Lipinski definition) is 3. The van der Waals surface area contributed by atoms with E-state index in [1.54, 1.807) is 11.9 Å². The van der Waals surface area contributed by atoms with Gasteiger partial charge in [-0.2, -0.15) is 0 Å². The van der Waals surface area contributed by atoms with Crippen LogP contribution >= 0.6 is 0 Å². The van der Waals surface area contributed by atoms with Gasteiger partial charge in [0, 0.05) is 20.1 Å². The topological polar surface area (TPSA) is 58.4 Å². The molecular formula is C9H21N3O. The van der Waals surface area contributed by atoms with Crippen LogP contribution in [-0.4, -0.2) is 44.0 Å². The summed E-state index contributed by atoms with van der Waals surface area (Å²) in [6.45, 7) is 3.55. The van der Waals surface area contributed by atoms with E-state index >= 15 is 0 Å². The predicted molar refractivity (Wildman–Crippen MR) is 54.4 cm³/mol. The summed E-state index contributed by atoms with van der Waals surface area (Å²) in [6, 6.07) is -0.327. The molecule has 1 unspecified atom stereocenters. The zero-order chi connectivity index (χ0) is 10.3. The highest BCUT2D eigenvalue weighted by atomic mass is 16.2. The Hall–Kier alpha value is -0.610. The summed E-state index contributed by atoms with van der Waals surface area (Å²) in [5.41, 5.74) is 5.69. The van der Waals surface area contributed by atoms with E-state index in [0.29, 0.717) is 6.54 Å². The van der Waals surface area contributed by atoms with Gasteiger partial charge in [-0.25, -0.2) is 0 Å². The Morgan fingerprint density at radius 3 is 2.69 bits per heavy atom. The molecule has 0 saturated heterocycles. The standard InChI is InChI=1S/C9H21N3O/c1-4-5-8(10)9(13)12(3)7-6-11-2/h8,11H,4-7,10H2,1-3H3. The minimum Gasteiger partial charge on any atom is -0.343 e. The summed E-state index contributed by atoms with van der Waals surface area (Å²) >= 11 is 0. The normalized spacial score (nSPS) is 12.6. The zero-order valence-corrected chi connectivity index (χ0v) is 8.84. The minimum absolute atomic E-state index is 0.0390. The molecule has 3 N–H and O–H groups in total. The molecule has 0 heterocycles. The molecule has 0 aliphatic heterocycles. The van der Waals surface area contributed by atoms with E-state index in [1.807, 2.05) is 14.0 Å². The summed E-state index contributed by atoms with van der Waals surface area (Å²) in [5, 5.41) is 2.99. The lowest BCUT2D eigenvalue weighted by Gasteiger charge is -2.20. The van der Waals surface area contributed by atoms with Crippen molar-refractivity contribution in [2.45, 2.75) is 25.8 Å². The van der Waals surface area contributed by atoms with Crippen molar-refractivity contribution in [3.63, 3.8) is 0 Å². The molecule has 0 aliphatic carbocycles. The van der Waals surface area contributed by atoms with Gasteiger partial charge in [0.25, 0.3) is 0 Å². The Balaban J connectivity index is 3.79. The number of rotatable bonds is 6. The molecule has 0 fully saturated rings. The molecule has 0 spiro atoms. The molecule has 0 aromatic carbocycles. The number of carbonyl (C=O) groups excluding carboxylic acids is 1. The third kappa shape index (κ3) is 4.85. The number of carbonyl (C=O) groups is 1. The van der Waals surface area contributed by atoms with E-state index in [9.17, 15) is 4.79 Å². The molecule has 0 aromatic heterocycles. The largest absolute Gasteiger partial charge is 0.343 e. The molecule has 0 aromatic rings. The monoisotopic (exact) mass is 187 g/mol. The maximum absolute atomic E-state index is 11.5. The maximum Gasteiger partial charge on any atom is 0.239 e. The SMILES string of the molecule is CCCC(N)C(=O)N(C)CCNC. The van der Waals surface area contributed by atoms with Crippen LogP contribution in [-0.2, 0) is 4.79 Å². The highest BCUT2D eigenvalue weighted by molar-refractivity contribution is 5.81. The van der Waals surface area contributed by atoms with Gasteiger partial charge in [-0.05, 0) is 13.5 Å². The lowest BCUT2D eigenvalue weighted by molar-refractivity contribution is -0.131. The average Bonchev–Trinajstić information content (AvgIpc) is 2.13. The Kier molecular flexibility index (Phi) is 6.54. The van der Waals surface area contributed by atoms with E-state index in [2.05, 4.69) is 5.32 Å². The smallest absolute Gasteiger partial charge is 0.239 e. The highest BCUT2D eigenvalue weighted by Gasteiger charge is 2.15. The van der Waals surface area contributed by atoms with E-state index in [4.69, 9.17) is 5.73 Å². The fourth-order valence-corrected chi connectivity index (χ4v) is 1.11. The van der Waals surface area contributed by atoms with Crippen molar-refractivity contribution in [3.05, 3.63) is 0 Å². The van der Waals surface area contributed by atoms with Crippen LogP contribution in [0, 0.1) is 0 Å². The van der Waals surface area contributed by atoms with Crippen molar-refractivity contribution in [3.8, 4) is 0 Å². The summed E-state index contributed by atoms with van der Waals surface area (Å²) in [6.07, 6.45) is 1.72. The van der Waals surface area contributed by atoms with Crippen molar-refractivity contribution in [1.29, 1.82) is 0 Å². The van der Waals surface area contributed by atoms with Gasteiger partial charge in [0.2, 0.25) is 5.91 Å². The van der Waals surface area contributed by atoms with Crippen molar-refractivity contribution >= 4 is 5.91 Å². The fraction of sp³-hybridized carbons (Fsp3) is 0.889. The van der Waals surface area contributed by atoms with Crippen LogP contribution in [0.15, 0.2) is 0 Å². The van der Waals surface area contributed by atoms with Gasteiger partial charge in [0.05, 0.1) is 6.04 Å². The number of nitrogens with two attached hydrogens (primary N) is 1. The highest BCUT2D eigenvalue weighted by Crippen LogP contribution is 1.97. The van der Waals surface area contributed by atoms with Crippen LogP contribution in [0.5, 0.6) is 0 Å². The molecule has 0 radical (unpaired) electrons. The molecule has 0 bridgehead atoms. The van der Waals surface area contributed by atoms with Crippen LogP contribution < -0.4 is 11.1 Å². The van der Waals surface area contributed by atoms with Crippen LogP contribution in [0.3, 0.4) is 0 Å². The van der Waals surface area contributed by atoms with E-state index in [1.165, 1.54) is 0 Å². The number of amides is 1. The first-order valence-electron chi connectivity index (χ1n) is 4.78. The first-order valence-corrected chi connectivity index (χ1v) is 4.78. The lowest BCUT2D eigenvalue weighted by atomic mass is 10.1. The molecule has 4 nitrogen and oxygen atoms in total. The van der Waals surface area contributed by atoms with Crippen LogP contribution in [0.4, 0.5) is 0 Å². The van der Waals surface area contributed by atoms with Crippen molar-refractivity contribution < 1.29 is 4.79 Å². The second kappa shape index (κ2) is 6.86. The molecule has 13 heavy (non-hydrogen) atoms. The summed E-state index contributed by atoms with van der Waals surface area (Å²) < 4.78 is 0. The number of nitrogens with zero attached hydrogens (tertiary/aromatic N) is 1. The Morgan fingerprint density at radius 1 is 1.62 bits per heavy atom. The number of hydrogen-bond donors (Lipinski definition) is 2. The summed E-state index contributed by atoms with van der Waals surface area (Å²) in [4.78, 5) is 13.2. The van der Waals surface area contributed by atoms with Crippen LogP contribution in [0.2, 0.25) is 0 Å². The predicted octanol–water partition coefficient (Wildman–Crippen LogP) is -0.208.